The van der Waals surface area contributed by atoms with Crippen LogP contribution in [0.25, 0.3) is 22.3 Å². The number of fused-ring (bicyclic) bond motifs is 1. The maximum atomic E-state index is 13.7. The molecule has 0 fully saturated rings. The lowest BCUT2D eigenvalue weighted by Crippen LogP contribution is -2.21. The fraction of sp³-hybridized carbons (Fsp3) is 0.267. The lowest BCUT2D eigenvalue weighted by molar-refractivity contribution is -0.132. The Labute approximate surface area is 231 Å². The third kappa shape index (κ3) is 5.81. The molecule has 0 radical (unpaired) electrons. The van der Waals surface area contributed by atoms with E-state index in [1.54, 1.807) is 30.3 Å². The van der Waals surface area contributed by atoms with E-state index in [4.69, 9.17) is 30.8 Å². The molecule has 3 aromatic carbocycles. The van der Waals surface area contributed by atoms with Gasteiger partial charge in [-0.2, -0.15) is 9.78 Å². The van der Waals surface area contributed by atoms with Gasteiger partial charge in [-0.3, -0.25) is 9.59 Å². The zero-order chi connectivity index (χ0) is 28.3. The molecule has 8 nitrogen and oxygen atoms in total. The number of aromatic nitrogens is 2. The van der Waals surface area contributed by atoms with Gasteiger partial charge in [-0.15, -0.1) is 0 Å². The van der Waals surface area contributed by atoms with Gasteiger partial charge in [0.25, 0.3) is 5.56 Å². The number of esters is 1. The number of carbonyl (C=O) groups excluding carboxylic acids is 1. The molecular weight excluding hydrogens is 518 g/mol. The topological polar surface area (TPSA) is 92.0 Å². The molecule has 0 amide bonds. The van der Waals surface area contributed by atoms with Crippen molar-refractivity contribution in [2.75, 3.05) is 13.7 Å². The van der Waals surface area contributed by atoms with Crippen molar-refractivity contribution in [3.8, 4) is 28.6 Å². The summed E-state index contributed by atoms with van der Waals surface area (Å²) >= 11 is 6.37. The van der Waals surface area contributed by atoms with Gasteiger partial charge in [0.2, 0.25) is 0 Å². The van der Waals surface area contributed by atoms with Gasteiger partial charge in [-0.05, 0) is 72.9 Å². The number of aryl methyl sites for hydroxylation is 1. The summed E-state index contributed by atoms with van der Waals surface area (Å²) in [7, 11) is 1.44. The van der Waals surface area contributed by atoms with Gasteiger partial charge in [0.05, 0.1) is 35.9 Å². The largest absolute Gasteiger partial charge is 0.494 e. The molecule has 0 saturated heterocycles. The number of nitrogens with zero attached hydrogens (tertiary/aromatic N) is 3. The minimum atomic E-state index is -0.526. The smallest absolute Gasteiger partial charge is 0.308 e. The summed E-state index contributed by atoms with van der Waals surface area (Å²) in [6.45, 7) is 9.91. The van der Waals surface area contributed by atoms with Gasteiger partial charge in [-0.1, -0.05) is 37.6 Å². The molecule has 4 rings (SSSR count). The fourth-order valence-electron chi connectivity index (χ4n) is 4.26. The molecule has 0 bridgehead atoms. The maximum Gasteiger partial charge on any atom is 0.308 e. The van der Waals surface area contributed by atoms with Crippen molar-refractivity contribution in [2.45, 2.75) is 40.5 Å². The number of ether oxygens (including phenoxy) is 3. The average molecular weight is 548 g/mol. The Kier molecular flexibility index (Phi) is 8.35. The Bertz CT molecular complexity index is 1640. The normalized spacial score (nSPS) is 11.4. The Morgan fingerprint density at radius 1 is 1.15 bits per heavy atom. The molecule has 0 atom stereocenters. The van der Waals surface area contributed by atoms with Crippen LogP contribution in [0, 0.1) is 6.92 Å². The Morgan fingerprint density at radius 2 is 1.90 bits per heavy atom. The van der Waals surface area contributed by atoms with Crippen LogP contribution in [0.1, 0.15) is 50.3 Å². The number of halogens is 1. The van der Waals surface area contributed by atoms with Crippen LogP contribution < -0.4 is 19.8 Å². The minimum absolute atomic E-state index is 0.111. The van der Waals surface area contributed by atoms with Crippen molar-refractivity contribution in [1.82, 2.24) is 9.66 Å². The van der Waals surface area contributed by atoms with Gasteiger partial charge in [0.15, 0.2) is 17.3 Å². The second-order valence-electron chi connectivity index (χ2n) is 9.23. The third-order valence-corrected chi connectivity index (χ3v) is 6.37. The Hall–Kier alpha value is -4.17. The highest BCUT2D eigenvalue weighted by molar-refractivity contribution is 6.32. The average Bonchev–Trinajstić information content (AvgIpc) is 2.89. The molecular formula is C30H30ClN3O5. The molecule has 0 aliphatic heterocycles. The third-order valence-electron chi connectivity index (χ3n) is 6.09. The number of hydrogen-bond acceptors (Lipinski definition) is 7. The summed E-state index contributed by atoms with van der Waals surface area (Å²) < 4.78 is 17.7. The zero-order valence-electron chi connectivity index (χ0n) is 22.7. The van der Waals surface area contributed by atoms with Crippen molar-refractivity contribution in [3.05, 3.63) is 80.6 Å². The summed E-state index contributed by atoms with van der Waals surface area (Å²) in [6, 6.07) is 14.3. The summed E-state index contributed by atoms with van der Waals surface area (Å²) in [5.41, 5.74) is 3.45. The standard InChI is InChI=1S/C30H30ClN3O5/c1-7-38-26-12-18(4)23(15-22(26)17(2)3)29-33-25-11-9-8-10-21(25)30(36)34(29)32-16-20-13-24(31)28(39-19(5)35)27(14-20)37-6/h8-17H,7H2,1-6H3. The Morgan fingerprint density at radius 3 is 2.56 bits per heavy atom. The molecule has 0 unspecified atom stereocenters. The Balaban J connectivity index is 1.93. The highest BCUT2D eigenvalue weighted by Crippen LogP contribution is 2.37. The monoisotopic (exact) mass is 547 g/mol. The number of hydrogen-bond donors (Lipinski definition) is 0. The molecule has 1 heterocycles. The highest BCUT2D eigenvalue weighted by Gasteiger charge is 2.19. The van der Waals surface area contributed by atoms with E-state index in [1.165, 1.54) is 24.9 Å². The van der Waals surface area contributed by atoms with Gasteiger partial charge < -0.3 is 14.2 Å². The van der Waals surface area contributed by atoms with E-state index in [1.807, 2.05) is 32.0 Å². The molecule has 39 heavy (non-hydrogen) atoms. The molecule has 0 aliphatic rings. The molecule has 0 spiro atoms. The highest BCUT2D eigenvalue weighted by atomic mass is 35.5. The van der Waals surface area contributed by atoms with E-state index in [9.17, 15) is 9.59 Å². The van der Waals surface area contributed by atoms with E-state index in [2.05, 4.69) is 18.9 Å². The van der Waals surface area contributed by atoms with Crippen LogP contribution >= 0.6 is 11.6 Å². The number of rotatable bonds is 8. The number of para-hydroxylation sites is 1. The molecule has 0 saturated carbocycles. The fourth-order valence-corrected chi connectivity index (χ4v) is 4.52. The summed E-state index contributed by atoms with van der Waals surface area (Å²) in [5.74, 6) is 1.23. The van der Waals surface area contributed by atoms with Crippen LogP contribution in [0.4, 0.5) is 0 Å². The van der Waals surface area contributed by atoms with Crippen molar-refractivity contribution in [3.63, 3.8) is 0 Å². The van der Waals surface area contributed by atoms with Crippen LogP contribution in [-0.4, -0.2) is 35.6 Å². The van der Waals surface area contributed by atoms with Crippen molar-refractivity contribution >= 4 is 34.7 Å². The number of carbonyl (C=O) groups is 1. The van der Waals surface area contributed by atoms with E-state index < -0.39 is 5.97 Å². The van der Waals surface area contributed by atoms with Gasteiger partial charge in [0.1, 0.15) is 5.75 Å². The van der Waals surface area contributed by atoms with Gasteiger partial charge in [0, 0.05) is 12.5 Å². The summed E-state index contributed by atoms with van der Waals surface area (Å²) in [5, 5.41) is 5.15. The predicted molar refractivity (Wildman–Crippen MR) is 154 cm³/mol. The van der Waals surface area contributed by atoms with E-state index in [0.29, 0.717) is 28.9 Å². The lowest BCUT2D eigenvalue weighted by Gasteiger charge is -2.18. The molecule has 1 aromatic heterocycles. The van der Waals surface area contributed by atoms with E-state index in [-0.39, 0.29) is 28.0 Å². The van der Waals surface area contributed by atoms with E-state index in [0.717, 1.165) is 22.4 Å². The van der Waals surface area contributed by atoms with Crippen molar-refractivity contribution < 1.29 is 19.0 Å². The van der Waals surface area contributed by atoms with Crippen LogP contribution in [0.5, 0.6) is 17.2 Å². The first-order chi connectivity index (χ1) is 18.6. The maximum absolute atomic E-state index is 13.7. The quantitative estimate of drug-likeness (QED) is 0.145. The first-order valence-corrected chi connectivity index (χ1v) is 12.9. The second kappa shape index (κ2) is 11.7. The van der Waals surface area contributed by atoms with Crippen molar-refractivity contribution in [1.29, 1.82) is 0 Å². The first kappa shape index (κ1) is 27.9. The van der Waals surface area contributed by atoms with Crippen LogP contribution in [0.3, 0.4) is 0 Å². The van der Waals surface area contributed by atoms with E-state index >= 15 is 0 Å². The van der Waals surface area contributed by atoms with Crippen LogP contribution in [-0.2, 0) is 4.79 Å². The van der Waals surface area contributed by atoms with Gasteiger partial charge >= 0.3 is 5.97 Å². The molecule has 0 aliphatic carbocycles. The summed E-state index contributed by atoms with van der Waals surface area (Å²) in [4.78, 5) is 30.0. The minimum Gasteiger partial charge on any atom is -0.494 e. The molecule has 9 heteroatoms. The second-order valence-corrected chi connectivity index (χ2v) is 9.64. The molecule has 0 N–H and O–H groups in total. The van der Waals surface area contributed by atoms with Gasteiger partial charge in [-0.25, -0.2) is 4.98 Å². The summed E-state index contributed by atoms with van der Waals surface area (Å²) in [6.07, 6.45) is 1.49. The molecule has 4 aromatic rings. The lowest BCUT2D eigenvalue weighted by atomic mass is 9.96. The van der Waals surface area contributed by atoms with Crippen molar-refractivity contribution in [2.24, 2.45) is 5.10 Å². The van der Waals surface area contributed by atoms with Crippen LogP contribution in [0.2, 0.25) is 5.02 Å². The zero-order valence-corrected chi connectivity index (χ0v) is 23.5. The first-order valence-electron chi connectivity index (χ1n) is 12.5. The molecule has 202 valence electrons. The number of benzene rings is 3. The SMILES string of the molecule is CCOc1cc(C)c(-c2nc3ccccc3c(=O)n2N=Cc2cc(Cl)c(OC(C)=O)c(OC)c2)cc1C(C)C. The van der Waals surface area contributed by atoms with Crippen LogP contribution in [0.15, 0.2) is 58.4 Å². The predicted octanol–water partition coefficient (Wildman–Crippen LogP) is 6.36. The number of methoxy groups -OCH3 is 1.